The van der Waals surface area contributed by atoms with E-state index in [2.05, 4.69) is 9.97 Å². The summed E-state index contributed by atoms with van der Waals surface area (Å²) in [5.41, 5.74) is 6.65. The van der Waals surface area contributed by atoms with Crippen LogP contribution < -0.4 is 10.5 Å². The number of benzene rings is 1. The molecule has 1 aromatic carbocycles. The first-order chi connectivity index (χ1) is 7.70. The van der Waals surface area contributed by atoms with Crippen LogP contribution in [0, 0.1) is 5.82 Å². The fourth-order valence-corrected chi connectivity index (χ4v) is 1.27. The summed E-state index contributed by atoms with van der Waals surface area (Å²) in [6, 6.07) is 4.49. The maximum atomic E-state index is 13.2. The van der Waals surface area contributed by atoms with Crippen LogP contribution in [0.2, 0.25) is 0 Å². The summed E-state index contributed by atoms with van der Waals surface area (Å²) in [5.74, 6) is -0.0862. The van der Waals surface area contributed by atoms with E-state index >= 15 is 0 Å². The molecule has 0 amide bonds. The SMILES string of the molecule is COc1cncc(-c2ccc(N)c(F)c2)n1. The van der Waals surface area contributed by atoms with Gasteiger partial charge in [0.1, 0.15) is 5.82 Å². The highest BCUT2D eigenvalue weighted by atomic mass is 19.1. The van der Waals surface area contributed by atoms with Crippen molar-refractivity contribution in [3.8, 4) is 17.1 Å². The van der Waals surface area contributed by atoms with E-state index in [1.807, 2.05) is 0 Å². The van der Waals surface area contributed by atoms with Gasteiger partial charge in [0.05, 0.1) is 30.9 Å². The van der Waals surface area contributed by atoms with Crippen LogP contribution in [0.1, 0.15) is 0 Å². The van der Waals surface area contributed by atoms with Gasteiger partial charge in [0, 0.05) is 5.56 Å². The number of aromatic nitrogens is 2. The number of hydrogen-bond donors (Lipinski definition) is 1. The second-order valence-electron chi connectivity index (χ2n) is 3.18. The van der Waals surface area contributed by atoms with E-state index in [0.717, 1.165) is 0 Å². The molecule has 82 valence electrons. The topological polar surface area (TPSA) is 61.0 Å². The Morgan fingerprint density at radius 1 is 1.31 bits per heavy atom. The molecule has 1 heterocycles. The zero-order valence-electron chi connectivity index (χ0n) is 8.64. The molecule has 0 aliphatic carbocycles. The fraction of sp³-hybridized carbons (Fsp3) is 0.0909. The zero-order valence-corrected chi connectivity index (χ0v) is 8.64. The summed E-state index contributed by atoms with van der Waals surface area (Å²) in [5, 5.41) is 0. The zero-order chi connectivity index (χ0) is 11.5. The van der Waals surface area contributed by atoms with Gasteiger partial charge in [-0.15, -0.1) is 0 Å². The normalized spacial score (nSPS) is 10.1. The van der Waals surface area contributed by atoms with Crippen LogP contribution in [0.25, 0.3) is 11.3 Å². The average molecular weight is 219 g/mol. The summed E-state index contributed by atoms with van der Waals surface area (Å²) in [6.45, 7) is 0. The number of nitrogens with zero attached hydrogens (tertiary/aromatic N) is 2. The number of nitrogens with two attached hydrogens (primary N) is 1. The third-order valence-electron chi connectivity index (χ3n) is 2.12. The molecule has 16 heavy (non-hydrogen) atoms. The molecule has 0 fully saturated rings. The third-order valence-corrected chi connectivity index (χ3v) is 2.12. The lowest BCUT2D eigenvalue weighted by molar-refractivity contribution is 0.396. The molecule has 0 aliphatic heterocycles. The Balaban J connectivity index is 2.46. The molecule has 0 unspecified atom stereocenters. The maximum Gasteiger partial charge on any atom is 0.232 e. The van der Waals surface area contributed by atoms with E-state index in [0.29, 0.717) is 17.1 Å². The minimum atomic E-state index is -0.470. The summed E-state index contributed by atoms with van der Waals surface area (Å²) in [7, 11) is 1.50. The van der Waals surface area contributed by atoms with Crippen molar-refractivity contribution in [2.24, 2.45) is 0 Å². The van der Waals surface area contributed by atoms with Crippen LogP contribution in [0.4, 0.5) is 10.1 Å². The molecule has 4 nitrogen and oxygen atoms in total. The quantitative estimate of drug-likeness (QED) is 0.783. The summed E-state index contributed by atoms with van der Waals surface area (Å²) in [6.07, 6.45) is 3.02. The Hall–Kier alpha value is -2.17. The minimum Gasteiger partial charge on any atom is -0.480 e. The molecular formula is C11H10FN3O. The van der Waals surface area contributed by atoms with Crippen LogP contribution in [-0.2, 0) is 0 Å². The molecule has 1 aromatic heterocycles. The number of anilines is 1. The van der Waals surface area contributed by atoms with E-state index in [1.54, 1.807) is 6.07 Å². The summed E-state index contributed by atoms with van der Waals surface area (Å²) < 4.78 is 18.2. The van der Waals surface area contributed by atoms with Gasteiger partial charge < -0.3 is 10.5 Å². The van der Waals surface area contributed by atoms with E-state index in [1.165, 1.54) is 31.6 Å². The van der Waals surface area contributed by atoms with Crippen molar-refractivity contribution in [2.45, 2.75) is 0 Å². The van der Waals surface area contributed by atoms with Gasteiger partial charge in [0.15, 0.2) is 0 Å². The Kier molecular flexibility index (Phi) is 2.68. The van der Waals surface area contributed by atoms with Gasteiger partial charge in [-0.2, -0.15) is 0 Å². The third kappa shape index (κ3) is 1.93. The van der Waals surface area contributed by atoms with Gasteiger partial charge in [-0.05, 0) is 12.1 Å². The number of rotatable bonds is 2. The largest absolute Gasteiger partial charge is 0.480 e. The molecule has 5 heteroatoms. The van der Waals surface area contributed by atoms with Crippen molar-refractivity contribution in [2.75, 3.05) is 12.8 Å². The van der Waals surface area contributed by atoms with Gasteiger partial charge in [0.2, 0.25) is 5.88 Å². The smallest absolute Gasteiger partial charge is 0.232 e. The predicted octanol–water partition coefficient (Wildman–Crippen LogP) is 1.87. The molecule has 2 aromatic rings. The predicted molar refractivity (Wildman–Crippen MR) is 58.4 cm³/mol. The molecule has 0 saturated heterocycles. The molecule has 0 radical (unpaired) electrons. The van der Waals surface area contributed by atoms with Crippen LogP contribution in [-0.4, -0.2) is 17.1 Å². The number of hydrogen-bond acceptors (Lipinski definition) is 4. The molecule has 0 saturated carbocycles. The van der Waals surface area contributed by atoms with Crippen molar-refractivity contribution >= 4 is 5.69 Å². The Labute approximate surface area is 91.9 Å². The number of halogens is 1. The molecule has 0 atom stereocenters. The molecule has 2 rings (SSSR count). The monoisotopic (exact) mass is 219 g/mol. The van der Waals surface area contributed by atoms with Gasteiger partial charge in [-0.3, -0.25) is 4.98 Å². The first-order valence-electron chi connectivity index (χ1n) is 4.62. The second kappa shape index (κ2) is 4.14. The molecule has 0 bridgehead atoms. The van der Waals surface area contributed by atoms with Crippen LogP contribution >= 0.6 is 0 Å². The van der Waals surface area contributed by atoms with E-state index in [9.17, 15) is 4.39 Å². The highest BCUT2D eigenvalue weighted by molar-refractivity contribution is 5.61. The summed E-state index contributed by atoms with van der Waals surface area (Å²) >= 11 is 0. The Morgan fingerprint density at radius 2 is 2.12 bits per heavy atom. The Morgan fingerprint density at radius 3 is 2.81 bits per heavy atom. The molecule has 0 spiro atoms. The van der Waals surface area contributed by atoms with E-state index in [4.69, 9.17) is 10.5 Å². The van der Waals surface area contributed by atoms with Crippen LogP contribution in [0.5, 0.6) is 5.88 Å². The van der Waals surface area contributed by atoms with Crippen molar-refractivity contribution in [3.63, 3.8) is 0 Å². The molecule has 2 N–H and O–H groups in total. The van der Waals surface area contributed by atoms with Crippen LogP contribution in [0.3, 0.4) is 0 Å². The molecule has 0 aliphatic rings. The van der Waals surface area contributed by atoms with Gasteiger partial charge in [-0.25, -0.2) is 9.37 Å². The van der Waals surface area contributed by atoms with Gasteiger partial charge >= 0.3 is 0 Å². The van der Waals surface area contributed by atoms with Crippen molar-refractivity contribution in [3.05, 3.63) is 36.4 Å². The average Bonchev–Trinajstić information content (AvgIpc) is 2.33. The van der Waals surface area contributed by atoms with Gasteiger partial charge in [0.25, 0.3) is 0 Å². The maximum absolute atomic E-state index is 13.2. The van der Waals surface area contributed by atoms with Crippen LogP contribution in [0.15, 0.2) is 30.6 Å². The van der Waals surface area contributed by atoms with E-state index < -0.39 is 5.82 Å². The highest BCUT2D eigenvalue weighted by Crippen LogP contribution is 2.21. The fourth-order valence-electron chi connectivity index (χ4n) is 1.27. The van der Waals surface area contributed by atoms with Crippen molar-refractivity contribution < 1.29 is 9.13 Å². The highest BCUT2D eigenvalue weighted by Gasteiger charge is 2.05. The lowest BCUT2D eigenvalue weighted by Crippen LogP contribution is -1.94. The van der Waals surface area contributed by atoms with Crippen molar-refractivity contribution in [1.82, 2.24) is 9.97 Å². The van der Waals surface area contributed by atoms with Crippen molar-refractivity contribution in [1.29, 1.82) is 0 Å². The number of ether oxygens (including phenoxy) is 1. The lowest BCUT2D eigenvalue weighted by Gasteiger charge is -2.04. The first-order valence-corrected chi connectivity index (χ1v) is 4.62. The van der Waals surface area contributed by atoms with E-state index in [-0.39, 0.29) is 5.69 Å². The number of methoxy groups -OCH3 is 1. The first kappa shape index (κ1) is 10.4. The molecular weight excluding hydrogens is 209 g/mol. The minimum absolute atomic E-state index is 0.111. The summed E-state index contributed by atoms with van der Waals surface area (Å²) in [4.78, 5) is 8.08. The standard InChI is InChI=1S/C11H10FN3O/c1-16-11-6-14-5-10(15-11)7-2-3-9(13)8(12)4-7/h2-6H,13H2,1H3. The second-order valence-corrected chi connectivity index (χ2v) is 3.18. The Bertz CT molecular complexity index is 516. The van der Waals surface area contributed by atoms with Gasteiger partial charge in [-0.1, -0.05) is 6.07 Å². The number of nitrogen functional groups attached to an aromatic ring is 1. The lowest BCUT2D eigenvalue weighted by atomic mass is 10.1.